The highest BCUT2D eigenvalue weighted by Gasteiger charge is 2.22. The van der Waals surface area contributed by atoms with E-state index >= 15 is 0 Å². The number of aryl methyl sites for hydroxylation is 1. The fourth-order valence-electron chi connectivity index (χ4n) is 1.83. The van der Waals surface area contributed by atoms with Crippen LogP contribution in [0.25, 0.3) is 0 Å². The number of rotatable bonds is 6. The molecule has 0 unspecified atom stereocenters. The molecule has 2 aromatic rings. The molecule has 0 saturated carbocycles. The number of nitrogens with zero attached hydrogens (tertiary/aromatic N) is 2. The highest BCUT2D eigenvalue weighted by Crippen LogP contribution is 2.32. The molecule has 0 bridgehead atoms. The first-order valence-electron chi connectivity index (χ1n) is 6.18. The molecule has 21 heavy (non-hydrogen) atoms. The second-order valence-electron chi connectivity index (χ2n) is 4.30. The number of hydrogen-bond donors (Lipinski definition) is 1. The van der Waals surface area contributed by atoms with Crippen LogP contribution in [0.1, 0.15) is 9.88 Å². The second-order valence-corrected chi connectivity index (χ2v) is 5.62. The van der Waals surface area contributed by atoms with Gasteiger partial charge < -0.3 is 10.1 Å². The maximum absolute atomic E-state index is 13.7. The molecule has 8 heteroatoms. The van der Waals surface area contributed by atoms with Crippen molar-refractivity contribution in [2.75, 3.05) is 19.0 Å². The molecule has 0 radical (unpaired) electrons. The maximum atomic E-state index is 13.7. The van der Waals surface area contributed by atoms with Crippen molar-refractivity contribution in [1.82, 2.24) is 4.98 Å². The number of thiazole rings is 1. The van der Waals surface area contributed by atoms with E-state index in [1.165, 1.54) is 13.2 Å². The quantitative estimate of drug-likeness (QED) is 0.655. The third-order valence-corrected chi connectivity index (χ3v) is 3.75. The van der Waals surface area contributed by atoms with Crippen LogP contribution in [-0.2, 0) is 6.42 Å². The summed E-state index contributed by atoms with van der Waals surface area (Å²) in [5.41, 5.74) is -0.476. The Kier molecular flexibility index (Phi) is 4.69. The normalized spacial score (nSPS) is 10.4. The molecule has 2 rings (SSSR count). The van der Waals surface area contributed by atoms with Gasteiger partial charge in [-0.15, -0.1) is 11.3 Å². The summed E-state index contributed by atoms with van der Waals surface area (Å²) < 4.78 is 18.7. The summed E-state index contributed by atoms with van der Waals surface area (Å²) in [7, 11) is 1.38. The first-order valence-corrected chi connectivity index (χ1v) is 7.00. The van der Waals surface area contributed by atoms with Gasteiger partial charge in [-0.2, -0.15) is 4.39 Å². The number of nitro groups is 1. The Labute approximate surface area is 124 Å². The molecule has 0 aliphatic rings. The highest BCUT2D eigenvalue weighted by molar-refractivity contribution is 7.11. The van der Waals surface area contributed by atoms with E-state index in [1.807, 2.05) is 6.92 Å². The van der Waals surface area contributed by atoms with E-state index in [0.717, 1.165) is 16.0 Å². The third kappa shape index (κ3) is 3.66. The van der Waals surface area contributed by atoms with Crippen molar-refractivity contribution >= 4 is 22.7 Å². The van der Waals surface area contributed by atoms with Gasteiger partial charge in [0, 0.05) is 36.2 Å². The standard InChI is InChI=1S/C13H14FN3O3S/c1-8-7-16-12(21-8)3-4-15-11-6-9(20-2)5-10(14)13(11)17(18)19/h5-7,15H,3-4H2,1-2H3. The van der Waals surface area contributed by atoms with Crippen LogP contribution >= 0.6 is 11.3 Å². The fraction of sp³-hybridized carbons (Fsp3) is 0.308. The summed E-state index contributed by atoms with van der Waals surface area (Å²) >= 11 is 1.56. The lowest BCUT2D eigenvalue weighted by Crippen LogP contribution is -2.08. The zero-order valence-electron chi connectivity index (χ0n) is 11.6. The Bertz CT molecular complexity index is 660. The number of methoxy groups -OCH3 is 1. The van der Waals surface area contributed by atoms with Gasteiger partial charge in [-0.1, -0.05) is 0 Å². The second kappa shape index (κ2) is 6.49. The monoisotopic (exact) mass is 311 g/mol. The number of hydrogen-bond acceptors (Lipinski definition) is 6. The maximum Gasteiger partial charge on any atom is 0.327 e. The summed E-state index contributed by atoms with van der Waals surface area (Å²) in [4.78, 5) is 15.5. The van der Waals surface area contributed by atoms with Crippen molar-refractivity contribution in [3.05, 3.63) is 44.1 Å². The number of benzene rings is 1. The van der Waals surface area contributed by atoms with Crippen molar-refractivity contribution in [1.29, 1.82) is 0 Å². The Morgan fingerprint density at radius 2 is 2.29 bits per heavy atom. The van der Waals surface area contributed by atoms with Crippen LogP contribution in [0.2, 0.25) is 0 Å². The van der Waals surface area contributed by atoms with Crippen LogP contribution in [0.15, 0.2) is 18.3 Å². The van der Waals surface area contributed by atoms with Crippen molar-refractivity contribution in [3.63, 3.8) is 0 Å². The van der Waals surface area contributed by atoms with Crippen LogP contribution in [0, 0.1) is 22.9 Å². The molecule has 112 valence electrons. The van der Waals surface area contributed by atoms with Crippen molar-refractivity contribution in [3.8, 4) is 5.75 Å². The van der Waals surface area contributed by atoms with E-state index < -0.39 is 16.4 Å². The van der Waals surface area contributed by atoms with Gasteiger partial charge in [-0.3, -0.25) is 10.1 Å². The van der Waals surface area contributed by atoms with E-state index in [4.69, 9.17) is 4.74 Å². The Hall–Kier alpha value is -2.22. The van der Waals surface area contributed by atoms with E-state index in [9.17, 15) is 14.5 Å². The fourth-order valence-corrected chi connectivity index (χ4v) is 2.62. The molecule has 1 heterocycles. The lowest BCUT2D eigenvalue weighted by molar-refractivity contribution is -0.386. The van der Waals surface area contributed by atoms with Crippen LogP contribution < -0.4 is 10.1 Å². The van der Waals surface area contributed by atoms with Gasteiger partial charge in [0.25, 0.3) is 0 Å². The largest absolute Gasteiger partial charge is 0.497 e. The highest BCUT2D eigenvalue weighted by atomic mass is 32.1. The average molecular weight is 311 g/mol. The average Bonchev–Trinajstić information content (AvgIpc) is 2.83. The number of halogens is 1. The summed E-state index contributed by atoms with van der Waals surface area (Å²) in [6.07, 6.45) is 2.38. The molecule has 0 fully saturated rings. The predicted octanol–water partition coefficient (Wildman–Crippen LogP) is 3.16. The zero-order chi connectivity index (χ0) is 15.4. The van der Waals surface area contributed by atoms with Crippen LogP contribution in [-0.4, -0.2) is 23.6 Å². The molecular formula is C13H14FN3O3S. The van der Waals surface area contributed by atoms with Gasteiger partial charge in [0.15, 0.2) is 0 Å². The van der Waals surface area contributed by atoms with E-state index in [2.05, 4.69) is 10.3 Å². The molecule has 1 N–H and O–H groups in total. The van der Waals surface area contributed by atoms with Crippen molar-refractivity contribution in [2.45, 2.75) is 13.3 Å². The summed E-state index contributed by atoms with van der Waals surface area (Å²) in [5, 5.41) is 14.7. The lowest BCUT2D eigenvalue weighted by atomic mass is 10.2. The number of nitrogens with one attached hydrogen (secondary N) is 1. The SMILES string of the molecule is COc1cc(F)c([N+](=O)[O-])c(NCCc2ncc(C)s2)c1. The Morgan fingerprint density at radius 1 is 1.52 bits per heavy atom. The van der Waals surface area contributed by atoms with Crippen molar-refractivity contribution in [2.24, 2.45) is 0 Å². The Balaban J connectivity index is 2.14. The van der Waals surface area contributed by atoms with E-state index in [1.54, 1.807) is 17.5 Å². The predicted molar refractivity (Wildman–Crippen MR) is 78.7 cm³/mol. The van der Waals surface area contributed by atoms with Crippen LogP contribution in [0.4, 0.5) is 15.8 Å². The van der Waals surface area contributed by atoms with Gasteiger partial charge in [-0.25, -0.2) is 4.98 Å². The first-order chi connectivity index (χ1) is 10.0. The minimum Gasteiger partial charge on any atom is -0.497 e. The minimum absolute atomic E-state index is 0.102. The molecule has 0 aliphatic heterocycles. The molecular weight excluding hydrogens is 297 g/mol. The molecule has 6 nitrogen and oxygen atoms in total. The van der Waals surface area contributed by atoms with Crippen molar-refractivity contribution < 1.29 is 14.1 Å². The number of ether oxygens (including phenoxy) is 1. The van der Waals surface area contributed by atoms with E-state index in [-0.39, 0.29) is 11.4 Å². The molecule has 0 saturated heterocycles. The van der Waals surface area contributed by atoms with Crippen LogP contribution in [0.5, 0.6) is 5.75 Å². The summed E-state index contributed by atoms with van der Waals surface area (Å²) in [6.45, 7) is 2.37. The van der Waals surface area contributed by atoms with Crippen LogP contribution in [0.3, 0.4) is 0 Å². The molecule has 0 atom stereocenters. The number of nitro benzene ring substituents is 1. The molecule has 0 aliphatic carbocycles. The van der Waals surface area contributed by atoms with Gasteiger partial charge in [-0.05, 0) is 6.92 Å². The zero-order valence-corrected chi connectivity index (χ0v) is 12.4. The topological polar surface area (TPSA) is 77.3 Å². The minimum atomic E-state index is -0.924. The molecule has 1 aromatic heterocycles. The van der Waals surface area contributed by atoms with E-state index in [0.29, 0.717) is 13.0 Å². The molecule has 1 aromatic carbocycles. The van der Waals surface area contributed by atoms with Gasteiger partial charge in [0.2, 0.25) is 5.82 Å². The lowest BCUT2D eigenvalue weighted by Gasteiger charge is -2.09. The van der Waals surface area contributed by atoms with Gasteiger partial charge >= 0.3 is 5.69 Å². The molecule has 0 amide bonds. The summed E-state index contributed by atoms with van der Waals surface area (Å²) in [6, 6.07) is 2.40. The molecule has 0 spiro atoms. The third-order valence-electron chi connectivity index (χ3n) is 2.78. The number of anilines is 1. The first kappa shape index (κ1) is 15.2. The van der Waals surface area contributed by atoms with Gasteiger partial charge in [0.1, 0.15) is 11.4 Å². The summed E-state index contributed by atoms with van der Waals surface area (Å²) in [5.74, 6) is -0.697. The Morgan fingerprint density at radius 3 is 2.86 bits per heavy atom. The number of aromatic nitrogens is 1. The van der Waals surface area contributed by atoms with Gasteiger partial charge in [0.05, 0.1) is 17.0 Å². The smallest absolute Gasteiger partial charge is 0.327 e.